The molecule has 160 valence electrons. The van der Waals surface area contributed by atoms with E-state index in [9.17, 15) is 9.18 Å². The minimum absolute atomic E-state index is 0.00316. The van der Waals surface area contributed by atoms with Gasteiger partial charge in [-0.25, -0.2) is 14.6 Å². The first-order valence-electron chi connectivity index (χ1n) is 9.37. The minimum atomic E-state index is -0.478. The quantitative estimate of drug-likeness (QED) is 0.374. The highest BCUT2D eigenvalue weighted by Gasteiger charge is 2.13. The van der Waals surface area contributed by atoms with Gasteiger partial charge in [-0.15, -0.1) is 0 Å². The van der Waals surface area contributed by atoms with E-state index in [1.807, 2.05) is 25.1 Å². The number of hydrazone groups is 1. The molecule has 8 heteroatoms. The maximum atomic E-state index is 13.8. The van der Waals surface area contributed by atoms with Crippen LogP contribution in [-0.2, 0) is 6.61 Å². The topological polar surface area (TPSA) is 72.0 Å². The molecule has 3 rings (SSSR count). The monoisotopic (exact) mass is 441 g/mol. The Balaban J connectivity index is 1.65. The third-order valence-corrected chi connectivity index (χ3v) is 4.64. The number of urea groups is 1. The Bertz CT molecular complexity index is 1110. The van der Waals surface area contributed by atoms with Crippen molar-refractivity contribution in [1.29, 1.82) is 0 Å². The van der Waals surface area contributed by atoms with Crippen molar-refractivity contribution in [2.75, 3.05) is 12.4 Å². The number of aryl methyl sites for hydroxylation is 1. The molecule has 0 aromatic heterocycles. The van der Waals surface area contributed by atoms with Gasteiger partial charge >= 0.3 is 6.03 Å². The van der Waals surface area contributed by atoms with Gasteiger partial charge in [-0.2, -0.15) is 5.10 Å². The smallest absolute Gasteiger partial charge is 0.339 e. The molecule has 6 nitrogen and oxygen atoms in total. The molecule has 0 saturated heterocycles. The Morgan fingerprint density at radius 1 is 1.16 bits per heavy atom. The van der Waals surface area contributed by atoms with E-state index in [1.54, 1.807) is 36.4 Å². The van der Waals surface area contributed by atoms with Gasteiger partial charge in [-0.3, -0.25) is 0 Å². The molecule has 0 aliphatic heterocycles. The highest BCUT2D eigenvalue weighted by molar-refractivity contribution is 6.32. The second-order valence-electron chi connectivity index (χ2n) is 6.55. The van der Waals surface area contributed by atoms with Crippen molar-refractivity contribution < 1.29 is 18.7 Å². The lowest BCUT2D eigenvalue weighted by molar-refractivity contribution is 0.252. The van der Waals surface area contributed by atoms with Crippen molar-refractivity contribution >= 4 is 29.5 Å². The van der Waals surface area contributed by atoms with E-state index in [0.717, 1.165) is 5.56 Å². The summed E-state index contributed by atoms with van der Waals surface area (Å²) in [5.41, 5.74) is 5.00. The number of amides is 2. The molecule has 0 spiro atoms. The number of ether oxygens (including phenoxy) is 2. The number of hydrogen-bond donors (Lipinski definition) is 2. The lowest BCUT2D eigenvalue weighted by atomic mass is 10.2. The van der Waals surface area contributed by atoms with E-state index in [1.165, 1.54) is 19.4 Å². The Morgan fingerprint density at radius 2 is 1.90 bits per heavy atom. The van der Waals surface area contributed by atoms with Crippen LogP contribution in [0.5, 0.6) is 11.5 Å². The molecule has 3 aromatic carbocycles. The Morgan fingerprint density at radius 3 is 2.65 bits per heavy atom. The Hall–Kier alpha value is -3.58. The van der Waals surface area contributed by atoms with Crippen LogP contribution in [0, 0.1) is 12.7 Å². The molecule has 0 fully saturated rings. The molecule has 2 N–H and O–H groups in total. The molecule has 0 aliphatic rings. The van der Waals surface area contributed by atoms with E-state index < -0.39 is 6.03 Å². The molecule has 0 saturated carbocycles. The predicted molar refractivity (Wildman–Crippen MR) is 120 cm³/mol. The average molecular weight is 442 g/mol. The van der Waals surface area contributed by atoms with E-state index in [2.05, 4.69) is 15.8 Å². The summed E-state index contributed by atoms with van der Waals surface area (Å²) in [6, 6.07) is 16.5. The van der Waals surface area contributed by atoms with Crippen LogP contribution in [0.4, 0.5) is 14.9 Å². The summed E-state index contributed by atoms with van der Waals surface area (Å²) in [6.45, 7) is 1.89. The first-order chi connectivity index (χ1) is 15.0. The zero-order valence-electron chi connectivity index (χ0n) is 17.0. The molecular formula is C23H21ClFN3O3. The molecule has 3 aromatic rings. The van der Waals surface area contributed by atoms with Gasteiger partial charge in [0, 0.05) is 11.3 Å². The van der Waals surface area contributed by atoms with Crippen LogP contribution in [0.3, 0.4) is 0 Å². The summed E-state index contributed by atoms with van der Waals surface area (Å²) in [6.07, 6.45) is 1.42. The number of carbonyl (C=O) groups is 1. The van der Waals surface area contributed by atoms with Crippen molar-refractivity contribution in [1.82, 2.24) is 5.43 Å². The van der Waals surface area contributed by atoms with Gasteiger partial charge in [0.1, 0.15) is 12.4 Å². The lowest BCUT2D eigenvalue weighted by Crippen LogP contribution is -2.24. The minimum Gasteiger partial charge on any atom is -0.493 e. The van der Waals surface area contributed by atoms with Crippen LogP contribution in [-0.4, -0.2) is 19.4 Å². The van der Waals surface area contributed by atoms with Crippen LogP contribution in [0.25, 0.3) is 0 Å². The zero-order valence-corrected chi connectivity index (χ0v) is 17.7. The fraction of sp³-hybridized carbons (Fsp3) is 0.130. The fourth-order valence-electron chi connectivity index (χ4n) is 2.75. The van der Waals surface area contributed by atoms with Gasteiger partial charge in [0.25, 0.3) is 0 Å². The molecular weight excluding hydrogens is 421 g/mol. The molecule has 0 radical (unpaired) electrons. The number of nitrogens with one attached hydrogen (secondary N) is 2. The summed E-state index contributed by atoms with van der Waals surface area (Å²) in [7, 11) is 1.47. The second kappa shape index (κ2) is 10.4. The summed E-state index contributed by atoms with van der Waals surface area (Å²) in [4.78, 5) is 12.0. The van der Waals surface area contributed by atoms with E-state index in [0.29, 0.717) is 22.6 Å². The number of nitrogens with zero attached hydrogens (tertiary/aromatic N) is 1. The lowest BCUT2D eigenvalue weighted by Gasteiger charge is -2.13. The second-order valence-corrected chi connectivity index (χ2v) is 6.96. The molecule has 0 unspecified atom stereocenters. The van der Waals surface area contributed by atoms with Crippen molar-refractivity contribution in [2.45, 2.75) is 13.5 Å². The fourth-order valence-corrected chi connectivity index (χ4v) is 3.02. The van der Waals surface area contributed by atoms with Gasteiger partial charge in [0.15, 0.2) is 11.5 Å². The zero-order chi connectivity index (χ0) is 22.2. The summed E-state index contributed by atoms with van der Waals surface area (Å²) in [5, 5.41) is 6.90. The number of halogens is 2. The number of rotatable bonds is 7. The summed E-state index contributed by atoms with van der Waals surface area (Å²) >= 11 is 6.33. The maximum Gasteiger partial charge on any atom is 0.339 e. The third kappa shape index (κ3) is 5.96. The van der Waals surface area contributed by atoms with Crippen LogP contribution < -0.4 is 20.2 Å². The predicted octanol–water partition coefficient (Wildman–Crippen LogP) is 5.53. The van der Waals surface area contributed by atoms with Crippen LogP contribution in [0.1, 0.15) is 16.7 Å². The average Bonchev–Trinajstić information content (AvgIpc) is 2.75. The molecule has 0 atom stereocenters. The van der Waals surface area contributed by atoms with E-state index in [4.69, 9.17) is 21.1 Å². The number of benzene rings is 3. The Labute approximate surface area is 184 Å². The number of anilines is 1. The van der Waals surface area contributed by atoms with Gasteiger partial charge in [-0.1, -0.05) is 48.0 Å². The Kier molecular flexibility index (Phi) is 7.45. The molecule has 0 bridgehead atoms. The normalized spacial score (nSPS) is 10.7. The molecule has 0 heterocycles. The van der Waals surface area contributed by atoms with Crippen molar-refractivity contribution in [3.63, 3.8) is 0 Å². The van der Waals surface area contributed by atoms with Crippen molar-refractivity contribution in [3.8, 4) is 11.5 Å². The number of para-hydroxylation sites is 1. The van der Waals surface area contributed by atoms with Gasteiger partial charge in [-0.05, 0) is 42.3 Å². The summed E-state index contributed by atoms with van der Waals surface area (Å²) in [5.74, 6) is 0.279. The van der Waals surface area contributed by atoms with Crippen LogP contribution in [0.2, 0.25) is 5.02 Å². The number of hydrogen-bond acceptors (Lipinski definition) is 4. The molecule has 2 amide bonds. The molecule has 31 heavy (non-hydrogen) atoms. The molecule has 0 aliphatic carbocycles. The first-order valence-corrected chi connectivity index (χ1v) is 9.75. The maximum absolute atomic E-state index is 13.8. The number of carbonyl (C=O) groups excluding carboxylic acids is 1. The number of methoxy groups -OCH3 is 1. The van der Waals surface area contributed by atoms with Gasteiger partial charge < -0.3 is 14.8 Å². The first kappa shape index (κ1) is 22.1. The van der Waals surface area contributed by atoms with Crippen LogP contribution in [0.15, 0.2) is 65.8 Å². The van der Waals surface area contributed by atoms with Crippen LogP contribution >= 0.6 is 11.6 Å². The van der Waals surface area contributed by atoms with Crippen molar-refractivity contribution in [3.05, 3.63) is 88.2 Å². The van der Waals surface area contributed by atoms with Gasteiger partial charge in [0.2, 0.25) is 0 Å². The van der Waals surface area contributed by atoms with Gasteiger partial charge in [0.05, 0.1) is 18.3 Å². The highest BCUT2D eigenvalue weighted by Crippen LogP contribution is 2.36. The standard InChI is InChI=1S/C23H21ClFN3O3/c1-15-7-3-6-10-20(15)27-23(29)28-26-13-16-11-18(24)22(21(12-16)30-2)31-14-17-8-4-5-9-19(17)25/h3-13H,14H2,1-2H3,(H2,27,28,29). The highest BCUT2D eigenvalue weighted by atomic mass is 35.5. The van der Waals surface area contributed by atoms with E-state index in [-0.39, 0.29) is 23.2 Å². The SMILES string of the molecule is COc1cc(C=NNC(=O)Nc2ccccc2C)cc(Cl)c1OCc1ccccc1F. The third-order valence-electron chi connectivity index (χ3n) is 4.35. The van der Waals surface area contributed by atoms with Crippen molar-refractivity contribution in [2.24, 2.45) is 5.10 Å². The van der Waals surface area contributed by atoms with E-state index >= 15 is 0 Å². The summed E-state index contributed by atoms with van der Waals surface area (Å²) < 4.78 is 24.8. The largest absolute Gasteiger partial charge is 0.493 e.